The fourth-order valence-electron chi connectivity index (χ4n) is 2.28. The molecule has 0 unspecified atom stereocenters. The number of nitrogens with one attached hydrogen (secondary N) is 1. The molecule has 0 bridgehead atoms. The number of aromatic nitrogens is 1. The second-order valence-electron chi connectivity index (χ2n) is 5.73. The monoisotopic (exact) mass is 410 g/mol. The Kier molecular flexibility index (Phi) is 5.23. The number of anilines is 1. The molecule has 0 atom stereocenters. The van der Waals surface area contributed by atoms with Gasteiger partial charge in [-0.3, -0.25) is 4.79 Å². The van der Waals surface area contributed by atoms with Gasteiger partial charge >= 0.3 is 6.18 Å². The topological polar surface area (TPSA) is 89.3 Å². The molecule has 2 heterocycles. The molecule has 2 aromatic heterocycles. The van der Waals surface area contributed by atoms with E-state index in [1.807, 2.05) is 0 Å². The van der Waals surface area contributed by atoms with Crippen LogP contribution in [-0.4, -0.2) is 19.3 Å². The smallest absolute Gasteiger partial charge is 0.417 e. The van der Waals surface area contributed by atoms with Gasteiger partial charge in [-0.05, 0) is 36.4 Å². The number of halogens is 3. The van der Waals surface area contributed by atoms with Crippen LogP contribution >= 0.6 is 0 Å². The standard InChI is InChI=1S/C18H13F3N2O4S/c19-18(20,21)12-6-9-16(22-10-12)28(25,26)11-14-7-8-15(27-14)17(24)23-13-4-2-1-3-5-13/h1-10H,11H2,(H,23,24). The van der Waals surface area contributed by atoms with Crippen molar-refractivity contribution >= 4 is 21.4 Å². The molecule has 0 saturated carbocycles. The van der Waals surface area contributed by atoms with Gasteiger partial charge in [0.25, 0.3) is 5.91 Å². The Balaban J connectivity index is 1.72. The molecular formula is C18H13F3N2O4S. The van der Waals surface area contributed by atoms with Crippen LogP contribution in [0.5, 0.6) is 0 Å². The maximum absolute atomic E-state index is 12.6. The van der Waals surface area contributed by atoms with Crippen LogP contribution in [0.15, 0.2) is 70.2 Å². The lowest BCUT2D eigenvalue weighted by Gasteiger charge is -2.07. The van der Waals surface area contributed by atoms with Crippen LogP contribution in [0.2, 0.25) is 0 Å². The third-order valence-corrected chi connectivity index (χ3v) is 5.18. The van der Waals surface area contributed by atoms with Gasteiger partial charge in [0.1, 0.15) is 11.5 Å². The normalized spacial score (nSPS) is 12.0. The van der Waals surface area contributed by atoms with Crippen LogP contribution in [0.4, 0.5) is 18.9 Å². The minimum absolute atomic E-state index is 0.0418. The molecule has 0 aliphatic carbocycles. The molecule has 0 aliphatic rings. The number of nitrogens with zero attached hydrogens (tertiary/aromatic N) is 1. The van der Waals surface area contributed by atoms with Gasteiger partial charge < -0.3 is 9.73 Å². The fourth-order valence-corrected chi connectivity index (χ4v) is 3.45. The largest absolute Gasteiger partial charge is 0.455 e. The summed E-state index contributed by atoms with van der Waals surface area (Å²) in [6.07, 6.45) is -4.16. The van der Waals surface area contributed by atoms with Gasteiger partial charge in [0.15, 0.2) is 10.8 Å². The van der Waals surface area contributed by atoms with Crippen molar-refractivity contribution in [3.63, 3.8) is 0 Å². The van der Waals surface area contributed by atoms with Crippen molar-refractivity contribution in [2.45, 2.75) is 17.0 Å². The predicted molar refractivity (Wildman–Crippen MR) is 93.2 cm³/mol. The van der Waals surface area contributed by atoms with Crippen molar-refractivity contribution in [1.29, 1.82) is 0 Å². The van der Waals surface area contributed by atoms with E-state index >= 15 is 0 Å². The molecule has 0 saturated heterocycles. The minimum Gasteiger partial charge on any atom is -0.455 e. The first-order valence-electron chi connectivity index (χ1n) is 7.86. The number of furan rings is 1. The highest BCUT2D eigenvalue weighted by atomic mass is 32.2. The molecule has 28 heavy (non-hydrogen) atoms. The Labute approximate surface area is 157 Å². The minimum atomic E-state index is -4.61. The lowest BCUT2D eigenvalue weighted by Crippen LogP contribution is -2.11. The number of hydrogen-bond acceptors (Lipinski definition) is 5. The van der Waals surface area contributed by atoms with E-state index in [-0.39, 0.29) is 11.5 Å². The molecule has 3 aromatic rings. The second kappa shape index (κ2) is 7.47. The Morgan fingerprint density at radius 1 is 1.04 bits per heavy atom. The molecule has 0 radical (unpaired) electrons. The van der Waals surface area contributed by atoms with E-state index in [1.165, 1.54) is 12.1 Å². The van der Waals surface area contributed by atoms with Gasteiger partial charge in [0.05, 0.1) is 5.56 Å². The van der Waals surface area contributed by atoms with E-state index in [0.717, 1.165) is 6.07 Å². The molecule has 0 spiro atoms. The zero-order valence-electron chi connectivity index (χ0n) is 14.1. The summed E-state index contributed by atoms with van der Waals surface area (Å²) in [6.45, 7) is 0. The molecule has 6 nitrogen and oxygen atoms in total. The molecule has 10 heteroatoms. The van der Waals surface area contributed by atoms with Crippen molar-refractivity contribution < 1.29 is 30.8 Å². The first-order chi connectivity index (χ1) is 13.1. The summed E-state index contributed by atoms with van der Waals surface area (Å²) in [6, 6.07) is 12.6. The Morgan fingerprint density at radius 2 is 1.75 bits per heavy atom. The molecular weight excluding hydrogens is 397 g/mol. The number of carbonyl (C=O) groups excluding carboxylic acids is 1. The van der Waals surface area contributed by atoms with Crippen molar-refractivity contribution in [3.8, 4) is 0 Å². The van der Waals surface area contributed by atoms with Crippen LogP contribution in [-0.2, 0) is 21.8 Å². The Hall–Kier alpha value is -3.14. The third kappa shape index (κ3) is 4.58. The van der Waals surface area contributed by atoms with Crippen molar-refractivity contribution in [1.82, 2.24) is 4.98 Å². The van der Waals surface area contributed by atoms with Crippen LogP contribution in [0.25, 0.3) is 0 Å². The zero-order chi connectivity index (χ0) is 20.4. The van der Waals surface area contributed by atoms with E-state index in [4.69, 9.17) is 4.42 Å². The number of para-hydroxylation sites is 1. The van der Waals surface area contributed by atoms with Crippen molar-refractivity contribution in [2.24, 2.45) is 0 Å². The lowest BCUT2D eigenvalue weighted by molar-refractivity contribution is -0.137. The predicted octanol–water partition coefficient (Wildman–Crippen LogP) is 3.92. The van der Waals surface area contributed by atoms with Gasteiger partial charge in [-0.1, -0.05) is 18.2 Å². The first-order valence-corrected chi connectivity index (χ1v) is 9.51. The highest BCUT2D eigenvalue weighted by Crippen LogP contribution is 2.29. The van der Waals surface area contributed by atoms with E-state index in [0.29, 0.717) is 18.0 Å². The summed E-state index contributed by atoms with van der Waals surface area (Å²) in [4.78, 5) is 15.5. The second-order valence-corrected chi connectivity index (χ2v) is 7.66. The number of pyridine rings is 1. The Bertz CT molecular complexity index is 1080. The van der Waals surface area contributed by atoms with Gasteiger partial charge in [-0.15, -0.1) is 0 Å². The highest BCUT2D eigenvalue weighted by Gasteiger charge is 2.31. The van der Waals surface area contributed by atoms with Crippen LogP contribution in [0.1, 0.15) is 21.9 Å². The molecule has 1 aromatic carbocycles. The summed E-state index contributed by atoms with van der Waals surface area (Å²) in [5.74, 6) is -1.36. The van der Waals surface area contributed by atoms with Crippen LogP contribution in [0, 0.1) is 0 Å². The number of benzene rings is 1. The number of sulfone groups is 1. The molecule has 0 fully saturated rings. The fraction of sp³-hybridized carbons (Fsp3) is 0.111. The maximum atomic E-state index is 12.6. The SMILES string of the molecule is O=C(Nc1ccccc1)c1ccc(CS(=O)(=O)c2ccc(C(F)(F)F)cn2)o1. The average Bonchev–Trinajstić information content (AvgIpc) is 3.10. The molecule has 146 valence electrons. The van der Waals surface area contributed by atoms with Gasteiger partial charge in [-0.2, -0.15) is 13.2 Å². The van der Waals surface area contributed by atoms with Crippen LogP contribution < -0.4 is 5.32 Å². The maximum Gasteiger partial charge on any atom is 0.417 e. The van der Waals surface area contributed by atoms with E-state index < -0.39 is 38.3 Å². The van der Waals surface area contributed by atoms with Gasteiger partial charge in [0.2, 0.25) is 9.84 Å². The van der Waals surface area contributed by atoms with Gasteiger partial charge in [-0.25, -0.2) is 13.4 Å². The summed E-state index contributed by atoms with van der Waals surface area (Å²) in [7, 11) is -4.05. The average molecular weight is 410 g/mol. The van der Waals surface area contributed by atoms with Crippen LogP contribution in [0.3, 0.4) is 0 Å². The number of alkyl halides is 3. The van der Waals surface area contributed by atoms with E-state index in [1.54, 1.807) is 30.3 Å². The van der Waals surface area contributed by atoms with Crippen molar-refractivity contribution in [3.05, 3.63) is 77.9 Å². The summed E-state index contributed by atoms with van der Waals surface area (Å²) >= 11 is 0. The first kappa shape index (κ1) is 19.6. The molecule has 1 N–H and O–H groups in total. The van der Waals surface area contributed by atoms with Crippen molar-refractivity contribution in [2.75, 3.05) is 5.32 Å². The summed E-state index contributed by atoms with van der Waals surface area (Å²) < 4.78 is 67.6. The summed E-state index contributed by atoms with van der Waals surface area (Å²) in [5.41, 5.74) is -0.517. The molecule has 3 rings (SSSR count). The number of amides is 1. The zero-order valence-corrected chi connectivity index (χ0v) is 14.9. The third-order valence-electron chi connectivity index (χ3n) is 3.63. The quantitative estimate of drug-likeness (QED) is 0.689. The van der Waals surface area contributed by atoms with E-state index in [2.05, 4.69) is 10.3 Å². The molecule has 0 aliphatic heterocycles. The summed E-state index contributed by atoms with van der Waals surface area (Å²) in [5, 5.41) is 2.06. The highest BCUT2D eigenvalue weighted by molar-refractivity contribution is 7.90. The number of hydrogen-bond donors (Lipinski definition) is 1. The van der Waals surface area contributed by atoms with Gasteiger partial charge in [0, 0.05) is 11.9 Å². The lowest BCUT2D eigenvalue weighted by atomic mass is 10.3. The number of carbonyl (C=O) groups is 1. The number of rotatable bonds is 5. The van der Waals surface area contributed by atoms with E-state index in [9.17, 15) is 26.4 Å². The molecule has 1 amide bonds. The Morgan fingerprint density at radius 3 is 2.36 bits per heavy atom.